The molecule has 0 amide bonds. The molecule has 6 nitrogen and oxygen atoms in total. The van der Waals surface area contributed by atoms with Crippen LogP contribution >= 0.6 is 0 Å². The fourth-order valence-electron chi connectivity index (χ4n) is 0.859. The van der Waals surface area contributed by atoms with Gasteiger partial charge in [0, 0.05) is 0 Å². The summed E-state index contributed by atoms with van der Waals surface area (Å²) in [4.78, 5) is 29.9. The summed E-state index contributed by atoms with van der Waals surface area (Å²) in [5.41, 5.74) is 0. The van der Waals surface area contributed by atoms with Gasteiger partial charge >= 0.3 is 19.5 Å². The van der Waals surface area contributed by atoms with Crippen LogP contribution in [0.25, 0.3) is 0 Å². The maximum Gasteiger partial charge on any atom is 3.00 e. The van der Waals surface area contributed by atoms with E-state index in [-0.39, 0.29) is 54.1 Å². The standard InChI is InChI=1S/3C5H8O2.Ru/c3*1-4(6)3-5(2)7;/h3*3,6H,1-2H3;/q;;;+3/p-3/b3*4-3+;. The molecule has 0 saturated heterocycles. The number of carbonyl (C=O) groups excluding carboxylic acids is 3. The molecule has 1 radical (unpaired) electrons. The van der Waals surface area contributed by atoms with E-state index in [1.807, 2.05) is 0 Å². The summed E-state index contributed by atoms with van der Waals surface area (Å²) in [7, 11) is 0. The molecule has 0 fully saturated rings. The molecular formula is C15H21O6Ru. The molecule has 125 valence electrons. The van der Waals surface area contributed by atoms with Crippen LogP contribution in [0.4, 0.5) is 0 Å². The van der Waals surface area contributed by atoms with Gasteiger partial charge in [-0.25, -0.2) is 0 Å². The number of allylic oxidation sites excluding steroid dienone is 6. The van der Waals surface area contributed by atoms with Crippen LogP contribution in [0.1, 0.15) is 41.5 Å². The summed E-state index contributed by atoms with van der Waals surface area (Å²) in [6.07, 6.45) is 3.17. The predicted octanol–water partition coefficient (Wildman–Crippen LogP) is -0.484. The number of carbonyl (C=O) groups is 3. The van der Waals surface area contributed by atoms with Crippen LogP contribution in [0.5, 0.6) is 0 Å². The smallest absolute Gasteiger partial charge is 0.876 e. The van der Waals surface area contributed by atoms with Crippen molar-refractivity contribution in [2.45, 2.75) is 41.5 Å². The number of hydrogen-bond acceptors (Lipinski definition) is 6. The average Bonchev–Trinajstić information content (AvgIpc) is 2.10. The molecule has 0 aliphatic carbocycles. The van der Waals surface area contributed by atoms with Gasteiger partial charge < -0.3 is 15.3 Å². The average molecular weight is 398 g/mol. The van der Waals surface area contributed by atoms with Crippen molar-refractivity contribution in [3.8, 4) is 0 Å². The summed E-state index contributed by atoms with van der Waals surface area (Å²) in [6.45, 7) is 8.09. The fraction of sp³-hybridized carbons (Fsp3) is 0.400. The van der Waals surface area contributed by atoms with Gasteiger partial charge in [0.2, 0.25) is 0 Å². The van der Waals surface area contributed by atoms with Crippen LogP contribution < -0.4 is 15.3 Å². The third-order valence-electron chi connectivity index (χ3n) is 1.22. The van der Waals surface area contributed by atoms with Crippen molar-refractivity contribution in [2.24, 2.45) is 0 Å². The Balaban J connectivity index is -0.000000108. The van der Waals surface area contributed by atoms with Crippen LogP contribution in [0.15, 0.2) is 35.5 Å². The maximum absolute atomic E-state index is 9.98. The number of ketones is 3. The SMILES string of the molecule is CC(=O)/C=C(\C)[O-].CC(=O)/C=C(\C)[O-].CC(=O)/C=C(\C)[O-].[Ru+3]. The van der Waals surface area contributed by atoms with Crippen LogP contribution in [-0.4, -0.2) is 17.3 Å². The first-order valence-corrected chi connectivity index (χ1v) is 5.96. The Labute approximate surface area is 144 Å². The first kappa shape index (κ1) is 28.4. The molecule has 0 aromatic carbocycles. The second kappa shape index (κ2) is 17.3. The van der Waals surface area contributed by atoms with Crippen LogP contribution in [0.2, 0.25) is 0 Å². The third-order valence-corrected chi connectivity index (χ3v) is 1.22. The van der Waals surface area contributed by atoms with Gasteiger partial charge in [-0.1, -0.05) is 20.8 Å². The van der Waals surface area contributed by atoms with Crippen molar-refractivity contribution in [3.05, 3.63) is 35.5 Å². The normalized spacial score (nSPS) is 10.9. The quantitative estimate of drug-likeness (QED) is 0.360. The van der Waals surface area contributed by atoms with Crippen molar-refractivity contribution in [1.82, 2.24) is 0 Å². The van der Waals surface area contributed by atoms with Crippen LogP contribution in [-0.2, 0) is 33.9 Å². The molecule has 0 aliphatic heterocycles. The summed E-state index contributed by atoms with van der Waals surface area (Å²) < 4.78 is 0. The molecule has 0 heterocycles. The van der Waals surface area contributed by atoms with Gasteiger partial charge in [0.1, 0.15) is 0 Å². The van der Waals surface area contributed by atoms with E-state index in [0.717, 1.165) is 18.2 Å². The zero-order chi connectivity index (χ0) is 17.6. The monoisotopic (exact) mass is 399 g/mol. The topological polar surface area (TPSA) is 120 Å². The van der Waals surface area contributed by atoms with Crippen molar-refractivity contribution >= 4 is 17.3 Å². The Morgan fingerprint density at radius 3 is 0.682 bits per heavy atom. The molecule has 7 heteroatoms. The van der Waals surface area contributed by atoms with E-state index in [4.69, 9.17) is 0 Å². The summed E-state index contributed by atoms with van der Waals surface area (Å²) >= 11 is 0. The van der Waals surface area contributed by atoms with E-state index in [0.29, 0.717) is 0 Å². The van der Waals surface area contributed by atoms with Crippen molar-refractivity contribution in [1.29, 1.82) is 0 Å². The molecule has 0 unspecified atom stereocenters. The van der Waals surface area contributed by atoms with Crippen molar-refractivity contribution in [2.75, 3.05) is 0 Å². The van der Waals surface area contributed by atoms with Gasteiger partial charge in [-0.15, -0.1) is 17.3 Å². The summed E-state index contributed by atoms with van der Waals surface area (Å²) in [5.74, 6) is -1.12. The fourth-order valence-corrected chi connectivity index (χ4v) is 0.859. The largest absolute Gasteiger partial charge is 3.00 e. The molecule has 0 aliphatic rings. The Bertz CT molecular complexity index is 368. The Kier molecular flexibility index (Phi) is 22.4. The van der Waals surface area contributed by atoms with Gasteiger partial charge in [-0.3, -0.25) is 14.4 Å². The van der Waals surface area contributed by atoms with Gasteiger partial charge in [0.15, 0.2) is 17.3 Å². The minimum absolute atomic E-state index is 0. The van der Waals surface area contributed by atoms with E-state index in [1.165, 1.54) is 41.5 Å². The third kappa shape index (κ3) is 51.7. The van der Waals surface area contributed by atoms with E-state index >= 15 is 0 Å². The molecular weight excluding hydrogens is 377 g/mol. The Morgan fingerprint density at radius 2 is 0.682 bits per heavy atom. The molecule has 0 N–H and O–H groups in total. The molecule has 22 heavy (non-hydrogen) atoms. The number of hydrogen-bond donors (Lipinski definition) is 0. The van der Waals surface area contributed by atoms with E-state index in [2.05, 4.69) is 0 Å². The summed E-state index contributed by atoms with van der Waals surface area (Å²) in [6, 6.07) is 0. The van der Waals surface area contributed by atoms with E-state index < -0.39 is 0 Å². The zero-order valence-corrected chi connectivity index (χ0v) is 15.3. The van der Waals surface area contributed by atoms with Crippen molar-refractivity contribution in [3.63, 3.8) is 0 Å². The molecule has 0 atom stereocenters. The minimum atomic E-state index is -0.187. The van der Waals surface area contributed by atoms with Gasteiger partial charge in [0.25, 0.3) is 0 Å². The second-order valence-corrected chi connectivity index (χ2v) is 4.10. The van der Waals surface area contributed by atoms with Gasteiger partial charge in [-0.05, 0) is 39.0 Å². The summed E-state index contributed by atoms with van der Waals surface area (Å²) in [5, 5.41) is 29.9. The minimum Gasteiger partial charge on any atom is -0.876 e. The molecule has 0 aromatic rings. The van der Waals surface area contributed by atoms with Crippen LogP contribution in [0.3, 0.4) is 0 Å². The first-order chi connectivity index (χ1) is 9.38. The molecule has 0 aromatic heterocycles. The Hall–Kier alpha value is -1.75. The molecule has 0 bridgehead atoms. The van der Waals surface area contributed by atoms with E-state index in [9.17, 15) is 29.7 Å². The maximum atomic E-state index is 9.98. The van der Waals surface area contributed by atoms with Gasteiger partial charge in [-0.2, -0.15) is 0 Å². The number of rotatable bonds is 3. The van der Waals surface area contributed by atoms with E-state index in [1.54, 1.807) is 0 Å². The van der Waals surface area contributed by atoms with Crippen LogP contribution in [0, 0.1) is 0 Å². The predicted molar refractivity (Wildman–Crippen MR) is 73.3 cm³/mol. The molecule has 0 rings (SSSR count). The van der Waals surface area contributed by atoms with Gasteiger partial charge in [0.05, 0.1) is 0 Å². The second-order valence-electron chi connectivity index (χ2n) is 4.10. The first-order valence-electron chi connectivity index (χ1n) is 5.96. The van der Waals surface area contributed by atoms with Crippen molar-refractivity contribution < 1.29 is 49.2 Å². The Morgan fingerprint density at radius 1 is 0.545 bits per heavy atom. The zero-order valence-electron chi connectivity index (χ0n) is 13.5. The molecule has 0 saturated carbocycles. The molecule has 0 spiro atoms.